The maximum atomic E-state index is 8.88. The highest BCUT2D eigenvalue weighted by molar-refractivity contribution is 4.98. The van der Waals surface area contributed by atoms with Crippen molar-refractivity contribution in [1.29, 1.82) is 0 Å². The summed E-state index contributed by atoms with van der Waals surface area (Å²) in [5, 5.41) is 16.5. The van der Waals surface area contributed by atoms with Crippen LogP contribution >= 0.6 is 0 Å². The van der Waals surface area contributed by atoms with Gasteiger partial charge in [-0.05, 0) is 17.9 Å². The Balaban J connectivity index is 2.27. The van der Waals surface area contributed by atoms with E-state index in [1.807, 2.05) is 19.3 Å². The van der Waals surface area contributed by atoms with Crippen LogP contribution in [0, 0.1) is 5.41 Å². The van der Waals surface area contributed by atoms with Crippen LogP contribution in [0.1, 0.15) is 26.0 Å². The van der Waals surface area contributed by atoms with Gasteiger partial charge in [-0.2, -0.15) is 5.10 Å². The number of nitrogens with zero attached hydrogens (tertiary/aromatic N) is 2. The van der Waals surface area contributed by atoms with Crippen LogP contribution in [0.3, 0.4) is 0 Å². The second-order valence-corrected chi connectivity index (χ2v) is 4.72. The van der Waals surface area contributed by atoms with Crippen molar-refractivity contribution in [2.24, 2.45) is 12.5 Å². The third kappa shape index (κ3) is 4.44. The summed E-state index contributed by atoms with van der Waals surface area (Å²) < 4.78 is 1.80. The molecule has 0 saturated heterocycles. The molecule has 1 rings (SSSR count). The molecule has 0 aliphatic heterocycles. The topological polar surface area (TPSA) is 50.1 Å². The summed E-state index contributed by atoms with van der Waals surface area (Å²) in [4.78, 5) is 0. The van der Waals surface area contributed by atoms with Crippen molar-refractivity contribution < 1.29 is 5.11 Å². The highest BCUT2D eigenvalue weighted by atomic mass is 16.3. The minimum Gasteiger partial charge on any atom is -0.396 e. The normalized spacial score (nSPS) is 12.0. The molecule has 0 aromatic carbocycles. The van der Waals surface area contributed by atoms with Crippen LogP contribution in [0.15, 0.2) is 12.3 Å². The molecule has 1 aromatic heterocycles. The average Bonchev–Trinajstić information content (AvgIpc) is 2.51. The molecule has 15 heavy (non-hydrogen) atoms. The van der Waals surface area contributed by atoms with Gasteiger partial charge in [-0.25, -0.2) is 0 Å². The molecule has 0 aliphatic carbocycles. The van der Waals surface area contributed by atoms with E-state index in [1.165, 1.54) is 0 Å². The molecule has 0 bridgehead atoms. The highest BCUT2D eigenvalue weighted by Gasteiger charge is 2.16. The van der Waals surface area contributed by atoms with E-state index in [0.29, 0.717) is 0 Å². The fourth-order valence-corrected chi connectivity index (χ4v) is 1.48. The minimum atomic E-state index is 0.142. The monoisotopic (exact) mass is 211 g/mol. The maximum absolute atomic E-state index is 8.88. The Hall–Kier alpha value is -0.870. The summed E-state index contributed by atoms with van der Waals surface area (Å²) in [6.45, 7) is 6.22. The van der Waals surface area contributed by atoms with E-state index >= 15 is 0 Å². The second kappa shape index (κ2) is 5.28. The van der Waals surface area contributed by atoms with Crippen molar-refractivity contribution >= 4 is 0 Å². The molecule has 86 valence electrons. The maximum Gasteiger partial charge on any atom is 0.0762 e. The van der Waals surface area contributed by atoms with Gasteiger partial charge in [0.25, 0.3) is 0 Å². The summed E-state index contributed by atoms with van der Waals surface area (Å²) in [6, 6.07) is 2.01. The molecule has 0 amide bonds. The lowest BCUT2D eigenvalue weighted by Crippen LogP contribution is -2.30. The minimum absolute atomic E-state index is 0.142. The van der Waals surface area contributed by atoms with E-state index in [0.717, 1.165) is 25.2 Å². The number of hydrogen-bond donors (Lipinski definition) is 2. The summed E-state index contributed by atoms with van der Waals surface area (Å²) in [5.41, 5.74) is 1.20. The van der Waals surface area contributed by atoms with E-state index in [9.17, 15) is 0 Å². The molecule has 0 aliphatic rings. The Labute approximate surface area is 91.3 Å². The van der Waals surface area contributed by atoms with Crippen molar-refractivity contribution in [1.82, 2.24) is 15.1 Å². The van der Waals surface area contributed by atoms with Crippen LogP contribution in [0.5, 0.6) is 0 Å². The summed E-state index contributed by atoms with van der Waals surface area (Å²) in [7, 11) is 1.92. The van der Waals surface area contributed by atoms with Crippen LogP contribution in [0.2, 0.25) is 0 Å². The van der Waals surface area contributed by atoms with E-state index < -0.39 is 0 Å². The van der Waals surface area contributed by atoms with Crippen LogP contribution in [0.25, 0.3) is 0 Å². The Morgan fingerprint density at radius 2 is 2.27 bits per heavy atom. The van der Waals surface area contributed by atoms with Gasteiger partial charge in [0.2, 0.25) is 0 Å². The molecular formula is C11H21N3O. The zero-order valence-corrected chi connectivity index (χ0v) is 9.82. The molecular weight excluding hydrogens is 190 g/mol. The Bertz CT molecular complexity index is 294. The molecule has 0 radical (unpaired) electrons. The first kappa shape index (κ1) is 12.2. The van der Waals surface area contributed by atoms with Crippen LogP contribution < -0.4 is 5.32 Å². The number of aliphatic hydroxyl groups is 1. The first-order chi connectivity index (χ1) is 7.03. The fourth-order valence-electron chi connectivity index (χ4n) is 1.48. The van der Waals surface area contributed by atoms with Crippen LogP contribution in [-0.4, -0.2) is 28.0 Å². The van der Waals surface area contributed by atoms with Gasteiger partial charge in [0, 0.05) is 32.9 Å². The Morgan fingerprint density at radius 1 is 1.53 bits per heavy atom. The van der Waals surface area contributed by atoms with Gasteiger partial charge < -0.3 is 10.4 Å². The zero-order chi connectivity index (χ0) is 11.3. The molecule has 0 unspecified atom stereocenters. The van der Waals surface area contributed by atoms with Gasteiger partial charge in [0.05, 0.1) is 5.69 Å². The third-order valence-corrected chi connectivity index (χ3v) is 2.47. The molecule has 2 N–H and O–H groups in total. The first-order valence-corrected chi connectivity index (χ1v) is 5.34. The summed E-state index contributed by atoms with van der Waals surface area (Å²) >= 11 is 0. The molecule has 4 heteroatoms. The molecule has 0 saturated carbocycles. The van der Waals surface area contributed by atoms with E-state index in [-0.39, 0.29) is 12.0 Å². The van der Waals surface area contributed by atoms with Gasteiger partial charge in [-0.3, -0.25) is 4.68 Å². The number of aryl methyl sites for hydroxylation is 1. The Morgan fingerprint density at radius 3 is 2.80 bits per heavy atom. The highest BCUT2D eigenvalue weighted by Crippen LogP contribution is 2.17. The van der Waals surface area contributed by atoms with E-state index in [2.05, 4.69) is 24.3 Å². The van der Waals surface area contributed by atoms with E-state index in [4.69, 9.17) is 5.11 Å². The summed E-state index contributed by atoms with van der Waals surface area (Å²) in [5.74, 6) is 0. The molecule has 4 nitrogen and oxygen atoms in total. The lowest BCUT2D eigenvalue weighted by molar-refractivity contribution is 0.207. The zero-order valence-electron chi connectivity index (χ0n) is 9.82. The van der Waals surface area contributed by atoms with Gasteiger partial charge in [-0.1, -0.05) is 13.8 Å². The van der Waals surface area contributed by atoms with Crippen molar-refractivity contribution in [3.8, 4) is 0 Å². The predicted octanol–water partition coefficient (Wildman–Crippen LogP) is 0.918. The molecule has 1 heterocycles. The number of aromatic nitrogens is 2. The Kier molecular flexibility index (Phi) is 4.29. The molecule has 0 fully saturated rings. The van der Waals surface area contributed by atoms with Crippen LogP contribution in [-0.2, 0) is 13.6 Å². The molecule has 0 spiro atoms. The van der Waals surface area contributed by atoms with Crippen molar-refractivity contribution in [3.63, 3.8) is 0 Å². The van der Waals surface area contributed by atoms with Gasteiger partial charge >= 0.3 is 0 Å². The predicted molar refractivity (Wildman–Crippen MR) is 60.4 cm³/mol. The lowest BCUT2D eigenvalue weighted by atomic mass is 9.90. The van der Waals surface area contributed by atoms with Gasteiger partial charge in [0.1, 0.15) is 0 Å². The van der Waals surface area contributed by atoms with Crippen molar-refractivity contribution in [3.05, 3.63) is 18.0 Å². The number of nitrogens with one attached hydrogen (secondary N) is 1. The number of hydrogen-bond acceptors (Lipinski definition) is 3. The van der Waals surface area contributed by atoms with Gasteiger partial charge in [0.15, 0.2) is 0 Å². The van der Waals surface area contributed by atoms with Crippen molar-refractivity contribution in [2.45, 2.75) is 26.8 Å². The molecule has 1 aromatic rings. The smallest absolute Gasteiger partial charge is 0.0762 e. The summed E-state index contributed by atoms with van der Waals surface area (Å²) in [6.07, 6.45) is 2.76. The largest absolute Gasteiger partial charge is 0.396 e. The van der Waals surface area contributed by atoms with Crippen molar-refractivity contribution in [2.75, 3.05) is 13.2 Å². The third-order valence-electron chi connectivity index (χ3n) is 2.47. The standard InChI is InChI=1S/C11H21N3O/c1-11(2,5-7-15)9-12-8-10-4-6-14(3)13-10/h4,6,12,15H,5,7-9H2,1-3H3. The van der Waals surface area contributed by atoms with Crippen LogP contribution in [0.4, 0.5) is 0 Å². The van der Waals surface area contributed by atoms with Gasteiger partial charge in [-0.15, -0.1) is 0 Å². The fraction of sp³-hybridized carbons (Fsp3) is 0.727. The average molecular weight is 211 g/mol. The second-order valence-electron chi connectivity index (χ2n) is 4.72. The quantitative estimate of drug-likeness (QED) is 0.735. The van der Waals surface area contributed by atoms with E-state index in [1.54, 1.807) is 4.68 Å². The number of aliphatic hydroxyl groups excluding tert-OH is 1. The SMILES string of the molecule is Cn1ccc(CNCC(C)(C)CCO)n1. The molecule has 0 atom stereocenters. The lowest BCUT2D eigenvalue weighted by Gasteiger charge is -2.23. The first-order valence-electron chi connectivity index (χ1n) is 5.34. The number of rotatable bonds is 6.